The number of nitrogens with two attached hydrogens (primary N) is 1. The Morgan fingerprint density at radius 3 is 2.48 bits per heavy atom. The molecule has 0 aliphatic heterocycles. The summed E-state index contributed by atoms with van der Waals surface area (Å²) in [4.78, 5) is 12.4. The summed E-state index contributed by atoms with van der Waals surface area (Å²) >= 11 is 4.88. The number of benzene rings is 1. The highest BCUT2D eigenvalue weighted by atomic mass is 32.1. The van der Waals surface area contributed by atoms with Gasteiger partial charge in [0.05, 0.1) is 25.5 Å². The second kappa shape index (κ2) is 5.97. The zero-order valence-corrected chi connectivity index (χ0v) is 12.9. The fourth-order valence-corrected chi connectivity index (χ4v) is 2.26. The van der Waals surface area contributed by atoms with Crippen LogP contribution in [0.2, 0.25) is 0 Å². The normalized spacial score (nSPS) is 10.2. The maximum Gasteiger partial charge on any atom is 0.261 e. The molecule has 0 saturated carbocycles. The first kappa shape index (κ1) is 15.1. The molecule has 0 amide bonds. The van der Waals surface area contributed by atoms with E-state index in [1.807, 2.05) is 6.07 Å². The van der Waals surface area contributed by atoms with Crippen LogP contribution in [-0.2, 0) is 7.05 Å². The quantitative estimate of drug-likeness (QED) is 0.871. The van der Waals surface area contributed by atoms with Crippen molar-refractivity contribution in [3.8, 4) is 22.8 Å². The number of hydrogen-bond donors (Lipinski definition) is 1. The van der Waals surface area contributed by atoms with Crippen LogP contribution < -0.4 is 20.8 Å². The van der Waals surface area contributed by atoms with Gasteiger partial charge in [0, 0.05) is 12.6 Å². The first-order valence-electron chi connectivity index (χ1n) is 6.21. The molecule has 1 aromatic heterocycles. The van der Waals surface area contributed by atoms with Crippen molar-refractivity contribution in [3.63, 3.8) is 0 Å². The van der Waals surface area contributed by atoms with Crippen LogP contribution in [0.15, 0.2) is 35.1 Å². The minimum absolute atomic E-state index is 0.0831. The lowest BCUT2D eigenvalue weighted by molar-refractivity contribution is 0.404. The van der Waals surface area contributed by atoms with Gasteiger partial charge < -0.3 is 19.8 Å². The Balaban J connectivity index is 2.70. The Labute approximate surface area is 127 Å². The van der Waals surface area contributed by atoms with Crippen LogP contribution in [0.4, 0.5) is 0 Å². The van der Waals surface area contributed by atoms with Gasteiger partial charge in [0.25, 0.3) is 5.56 Å². The second-order valence-corrected chi connectivity index (χ2v) is 4.87. The molecular weight excluding hydrogens is 288 g/mol. The van der Waals surface area contributed by atoms with Gasteiger partial charge in [-0.3, -0.25) is 4.79 Å². The van der Waals surface area contributed by atoms with Crippen LogP contribution >= 0.6 is 12.2 Å². The van der Waals surface area contributed by atoms with E-state index in [0.29, 0.717) is 22.8 Å². The monoisotopic (exact) mass is 304 g/mol. The fraction of sp³-hybridized carbons (Fsp3) is 0.200. The zero-order valence-electron chi connectivity index (χ0n) is 12.0. The van der Waals surface area contributed by atoms with Crippen LogP contribution in [0.1, 0.15) is 5.56 Å². The fourth-order valence-electron chi connectivity index (χ4n) is 2.11. The van der Waals surface area contributed by atoms with Crippen molar-refractivity contribution in [1.82, 2.24) is 4.57 Å². The van der Waals surface area contributed by atoms with Gasteiger partial charge in [-0.2, -0.15) is 0 Å². The molecule has 0 fully saturated rings. The Morgan fingerprint density at radius 2 is 1.90 bits per heavy atom. The van der Waals surface area contributed by atoms with E-state index in [9.17, 15) is 4.79 Å². The number of rotatable bonds is 4. The minimum atomic E-state index is -0.245. The number of thiocarbonyl (C=S) groups is 1. The third-order valence-electron chi connectivity index (χ3n) is 3.25. The van der Waals surface area contributed by atoms with E-state index >= 15 is 0 Å². The third kappa shape index (κ3) is 2.75. The first-order chi connectivity index (χ1) is 9.99. The summed E-state index contributed by atoms with van der Waals surface area (Å²) in [5.74, 6) is 1.32. The molecule has 2 aromatic rings. The van der Waals surface area contributed by atoms with Gasteiger partial charge in [0.2, 0.25) is 0 Å². The molecule has 0 radical (unpaired) electrons. The van der Waals surface area contributed by atoms with Crippen molar-refractivity contribution >= 4 is 17.2 Å². The summed E-state index contributed by atoms with van der Waals surface area (Å²) in [5.41, 5.74) is 7.07. The summed E-state index contributed by atoms with van der Waals surface area (Å²) in [5, 5.41) is 0. The number of hydrogen-bond acceptors (Lipinski definition) is 4. The lowest BCUT2D eigenvalue weighted by atomic mass is 10.1. The molecule has 21 heavy (non-hydrogen) atoms. The summed E-state index contributed by atoms with van der Waals surface area (Å²) in [6.07, 6.45) is 0. The van der Waals surface area contributed by atoms with Crippen molar-refractivity contribution in [1.29, 1.82) is 0 Å². The van der Waals surface area contributed by atoms with E-state index in [-0.39, 0.29) is 10.5 Å². The molecule has 0 spiro atoms. The van der Waals surface area contributed by atoms with Crippen molar-refractivity contribution in [3.05, 3.63) is 46.2 Å². The summed E-state index contributed by atoms with van der Waals surface area (Å²) in [6, 6.07) is 8.81. The standard InChI is InChI=1S/C15H16N2O3S/c1-17-12(6-5-10(14(16)21)15(17)18)11-8-9(19-2)4-7-13(11)20-3/h4-8H,1-3H3,(H2,16,21). The molecular formula is C15H16N2O3S. The molecule has 0 aliphatic rings. The van der Waals surface area contributed by atoms with Crippen molar-refractivity contribution < 1.29 is 9.47 Å². The smallest absolute Gasteiger partial charge is 0.261 e. The molecule has 1 heterocycles. The number of pyridine rings is 1. The molecule has 0 saturated heterocycles. The highest BCUT2D eigenvalue weighted by molar-refractivity contribution is 7.80. The van der Waals surface area contributed by atoms with Crippen molar-refractivity contribution in [2.45, 2.75) is 0 Å². The van der Waals surface area contributed by atoms with E-state index in [2.05, 4.69) is 0 Å². The maximum atomic E-state index is 12.3. The maximum absolute atomic E-state index is 12.3. The van der Waals surface area contributed by atoms with Gasteiger partial charge in [0.15, 0.2) is 0 Å². The molecule has 0 aliphatic carbocycles. The Kier molecular flexibility index (Phi) is 4.28. The highest BCUT2D eigenvalue weighted by Gasteiger charge is 2.13. The largest absolute Gasteiger partial charge is 0.497 e. The first-order valence-corrected chi connectivity index (χ1v) is 6.62. The van der Waals surface area contributed by atoms with Gasteiger partial charge in [0.1, 0.15) is 16.5 Å². The topological polar surface area (TPSA) is 66.5 Å². The molecule has 0 unspecified atom stereocenters. The Bertz CT molecular complexity index is 753. The van der Waals surface area contributed by atoms with E-state index in [4.69, 9.17) is 27.4 Å². The molecule has 5 nitrogen and oxygen atoms in total. The predicted molar refractivity (Wildman–Crippen MR) is 86.1 cm³/mol. The summed E-state index contributed by atoms with van der Waals surface area (Å²) in [6.45, 7) is 0. The average molecular weight is 304 g/mol. The van der Waals surface area contributed by atoms with Crippen molar-refractivity contribution in [2.75, 3.05) is 14.2 Å². The number of ether oxygens (including phenoxy) is 2. The van der Waals surface area contributed by atoms with Gasteiger partial charge in [-0.1, -0.05) is 12.2 Å². The van der Waals surface area contributed by atoms with Gasteiger partial charge >= 0.3 is 0 Å². The predicted octanol–water partition coefficient (Wildman–Crippen LogP) is 1.70. The molecule has 2 N–H and O–H groups in total. The van der Waals surface area contributed by atoms with Gasteiger partial charge in [-0.05, 0) is 30.3 Å². The van der Waals surface area contributed by atoms with Gasteiger partial charge in [-0.15, -0.1) is 0 Å². The van der Waals surface area contributed by atoms with E-state index in [0.717, 1.165) is 5.56 Å². The Morgan fingerprint density at radius 1 is 1.19 bits per heavy atom. The van der Waals surface area contributed by atoms with E-state index in [1.165, 1.54) is 4.57 Å². The SMILES string of the molecule is COc1ccc(OC)c(-c2ccc(C(N)=S)c(=O)n2C)c1. The molecule has 110 valence electrons. The molecule has 1 aromatic carbocycles. The molecule has 0 bridgehead atoms. The van der Waals surface area contributed by atoms with Crippen LogP contribution in [0, 0.1) is 0 Å². The number of aromatic nitrogens is 1. The summed E-state index contributed by atoms with van der Waals surface area (Å²) in [7, 11) is 4.83. The van der Waals surface area contributed by atoms with Crippen LogP contribution in [0.3, 0.4) is 0 Å². The molecule has 0 atom stereocenters. The third-order valence-corrected chi connectivity index (χ3v) is 3.47. The number of methoxy groups -OCH3 is 2. The lowest BCUT2D eigenvalue weighted by Crippen LogP contribution is -2.28. The molecule has 2 rings (SSSR count). The van der Waals surface area contributed by atoms with E-state index in [1.54, 1.807) is 45.5 Å². The highest BCUT2D eigenvalue weighted by Crippen LogP contribution is 2.32. The number of nitrogens with zero attached hydrogens (tertiary/aromatic N) is 1. The minimum Gasteiger partial charge on any atom is -0.497 e. The van der Waals surface area contributed by atoms with E-state index < -0.39 is 0 Å². The van der Waals surface area contributed by atoms with Crippen LogP contribution in [-0.4, -0.2) is 23.8 Å². The lowest BCUT2D eigenvalue weighted by Gasteiger charge is -2.14. The zero-order chi connectivity index (χ0) is 15.6. The average Bonchev–Trinajstić information content (AvgIpc) is 2.49. The second-order valence-electron chi connectivity index (χ2n) is 4.43. The van der Waals surface area contributed by atoms with Crippen LogP contribution in [0.25, 0.3) is 11.3 Å². The summed E-state index contributed by atoms with van der Waals surface area (Å²) < 4.78 is 12.1. The van der Waals surface area contributed by atoms with Crippen LogP contribution in [0.5, 0.6) is 11.5 Å². The van der Waals surface area contributed by atoms with Crippen molar-refractivity contribution in [2.24, 2.45) is 12.8 Å². The Hall–Kier alpha value is -2.34. The molecule has 6 heteroatoms. The van der Waals surface area contributed by atoms with Gasteiger partial charge in [-0.25, -0.2) is 0 Å².